The lowest BCUT2D eigenvalue weighted by molar-refractivity contribution is 0.239. The summed E-state index contributed by atoms with van der Waals surface area (Å²) in [7, 11) is 1.77. The normalized spacial score (nSPS) is 11.1. The lowest BCUT2D eigenvalue weighted by Gasteiger charge is -2.25. The van der Waals surface area contributed by atoms with Gasteiger partial charge in [-0.05, 0) is 45.4 Å². The Morgan fingerprint density at radius 1 is 1.31 bits per heavy atom. The Kier molecular flexibility index (Phi) is 3.58. The van der Waals surface area contributed by atoms with E-state index in [-0.39, 0.29) is 11.6 Å². The molecule has 0 spiro atoms. The molecular formula is C13H20N2O. The Labute approximate surface area is 97.5 Å². The number of nitrogens with one attached hydrogen (secondary N) is 1. The molecule has 0 aliphatic rings. The molecule has 0 aromatic heterocycles. The van der Waals surface area contributed by atoms with E-state index < -0.39 is 0 Å². The molecule has 0 fully saturated rings. The molecular weight excluding hydrogens is 200 g/mol. The van der Waals surface area contributed by atoms with Gasteiger partial charge in [-0.1, -0.05) is 12.1 Å². The first-order valence-electron chi connectivity index (χ1n) is 5.42. The van der Waals surface area contributed by atoms with Gasteiger partial charge in [-0.3, -0.25) is 4.90 Å². The maximum atomic E-state index is 11.9. The van der Waals surface area contributed by atoms with Crippen LogP contribution in [-0.2, 0) is 0 Å². The Balaban J connectivity index is 2.78. The summed E-state index contributed by atoms with van der Waals surface area (Å²) < 4.78 is 0. The predicted molar refractivity (Wildman–Crippen MR) is 67.9 cm³/mol. The number of aryl methyl sites for hydroxylation is 1. The van der Waals surface area contributed by atoms with Crippen molar-refractivity contribution in [3.05, 3.63) is 29.8 Å². The van der Waals surface area contributed by atoms with Gasteiger partial charge in [0.05, 0.1) is 0 Å². The molecule has 2 amide bonds. The number of nitrogens with zero attached hydrogens (tertiary/aromatic N) is 1. The number of anilines is 1. The second kappa shape index (κ2) is 4.56. The van der Waals surface area contributed by atoms with Gasteiger partial charge in [0.15, 0.2) is 0 Å². The molecule has 3 nitrogen and oxygen atoms in total. The molecule has 0 bridgehead atoms. The fourth-order valence-corrected chi connectivity index (χ4v) is 1.36. The van der Waals surface area contributed by atoms with Crippen molar-refractivity contribution in [2.45, 2.75) is 33.2 Å². The largest absolute Gasteiger partial charge is 0.333 e. The highest BCUT2D eigenvalue weighted by Gasteiger charge is 2.17. The zero-order valence-corrected chi connectivity index (χ0v) is 10.7. The summed E-state index contributed by atoms with van der Waals surface area (Å²) in [6.07, 6.45) is 0. The molecule has 1 aromatic rings. The topological polar surface area (TPSA) is 32.3 Å². The zero-order valence-electron chi connectivity index (χ0n) is 10.7. The third-order valence-electron chi connectivity index (χ3n) is 2.18. The molecule has 0 unspecified atom stereocenters. The van der Waals surface area contributed by atoms with Gasteiger partial charge in [-0.25, -0.2) is 4.79 Å². The Morgan fingerprint density at radius 3 is 2.44 bits per heavy atom. The second-order valence-corrected chi connectivity index (χ2v) is 5.08. The number of rotatable bonds is 1. The number of benzene rings is 1. The highest BCUT2D eigenvalue weighted by molar-refractivity contribution is 5.91. The van der Waals surface area contributed by atoms with Crippen molar-refractivity contribution in [3.8, 4) is 0 Å². The van der Waals surface area contributed by atoms with Crippen LogP contribution in [0.25, 0.3) is 0 Å². The maximum absolute atomic E-state index is 11.9. The minimum atomic E-state index is -0.213. The van der Waals surface area contributed by atoms with Gasteiger partial charge < -0.3 is 5.32 Å². The highest BCUT2D eigenvalue weighted by Crippen LogP contribution is 2.14. The van der Waals surface area contributed by atoms with Crippen molar-refractivity contribution in [3.63, 3.8) is 0 Å². The molecule has 16 heavy (non-hydrogen) atoms. The van der Waals surface area contributed by atoms with E-state index in [0.717, 1.165) is 11.3 Å². The van der Waals surface area contributed by atoms with E-state index in [1.165, 1.54) is 0 Å². The molecule has 1 N–H and O–H groups in total. The van der Waals surface area contributed by atoms with Crippen molar-refractivity contribution >= 4 is 11.7 Å². The monoisotopic (exact) mass is 220 g/mol. The Morgan fingerprint density at radius 2 is 1.94 bits per heavy atom. The number of carbonyl (C=O) groups excluding carboxylic acids is 1. The Bertz CT molecular complexity index is 380. The first kappa shape index (κ1) is 12.6. The van der Waals surface area contributed by atoms with Crippen LogP contribution in [0.5, 0.6) is 0 Å². The van der Waals surface area contributed by atoms with E-state index in [1.54, 1.807) is 11.9 Å². The third kappa shape index (κ3) is 3.57. The lowest BCUT2D eigenvalue weighted by Crippen LogP contribution is -2.47. The van der Waals surface area contributed by atoms with E-state index in [1.807, 2.05) is 52.0 Å². The lowest BCUT2D eigenvalue weighted by atomic mass is 10.1. The molecule has 0 radical (unpaired) electrons. The number of carbonyl (C=O) groups is 1. The molecule has 0 atom stereocenters. The molecule has 1 rings (SSSR count). The van der Waals surface area contributed by atoms with Crippen molar-refractivity contribution in [2.75, 3.05) is 11.9 Å². The fourth-order valence-electron chi connectivity index (χ4n) is 1.36. The van der Waals surface area contributed by atoms with Crippen LogP contribution in [0.1, 0.15) is 26.3 Å². The van der Waals surface area contributed by atoms with E-state index in [9.17, 15) is 4.79 Å². The first-order chi connectivity index (χ1) is 7.29. The van der Waals surface area contributed by atoms with Crippen LogP contribution in [0.3, 0.4) is 0 Å². The minimum absolute atomic E-state index is 0.0851. The van der Waals surface area contributed by atoms with E-state index in [0.29, 0.717) is 0 Å². The minimum Gasteiger partial charge on any atom is -0.333 e. The summed E-state index contributed by atoms with van der Waals surface area (Å²) in [5.74, 6) is 0. The average molecular weight is 220 g/mol. The van der Waals surface area contributed by atoms with Crippen LogP contribution in [-0.4, -0.2) is 18.6 Å². The molecule has 1 aromatic carbocycles. The molecule has 88 valence electrons. The number of urea groups is 1. The standard InChI is InChI=1S/C13H20N2O/c1-10-7-6-8-11(9-10)15(5)12(16)14-13(2,3)4/h6-9H,1-5H3,(H,14,16). The predicted octanol–water partition coefficient (Wildman–Crippen LogP) is 2.94. The van der Waals surface area contributed by atoms with Crippen LogP contribution < -0.4 is 10.2 Å². The number of amides is 2. The summed E-state index contributed by atoms with van der Waals surface area (Å²) in [6.45, 7) is 7.91. The molecule has 0 heterocycles. The first-order valence-corrected chi connectivity index (χ1v) is 5.42. The zero-order chi connectivity index (χ0) is 12.3. The molecule has 0 aliphatic heterocycles. The third-order valence-corrected chi connectivity index (χ3v) is 2.18. The van der Waals surface area contributed by atoms with Crippen LogP contribution in [0.2, 0.25) is 0 Å². The smallest absolute Gasteiger partial charge is 0.322 e. The van der Waals surface area contributed by atoms with Gasteiger partial charge in [0.25, 0.3) is 0 Å². The molecule has 0 aliphatic carbocycles. The second-order valence-electron chi connectivity index (χ2n) is 5.08. The SMILES string of the molecule is Cc1cccc(N(C)C(=O)NC(C)(C)C)c1. The summed E-state index contributed by atoms with van der Waals surface area (Å²) >= 11 is 0. The van der Waals surface area contributed by atoms with Gasteiger partial charge in [0.2, 0.25) is 0 Å². The number of hydrogen-bond acceptors (Lipinski definition) is 1. The van der Waals surface area contributed by atoms with E-state index in [4.69, 9.17) is 0 Å². The molecule has 0 saturated carbocycles. The molecule has 0 saturated heterocycles. The van der Waals surface area contributed by atoms with Crippen molar-refractivity contribution in [2.24, 2.45) is 0 Å². The summed E-state index contributed by atoms with van der Waals surface area (Å²) in [6, 6.07) is 7.79. The summed E-state index contributed by atoms with van der Waals surface area (Å²) in [5, 5.41) is 2.92. The summed E-state index contributed by atoms with van der Waals surface area (Å²) in [5.41, 5.74) is 1.84. The van der Waals surface area contributed by atoms with Gasteiger partial charge >= 0.3 is 6.03 Å². The van der Waals surface area contributed by atoms with Gasteiger partial charge in [0, 0.05) is 18.3 Å². The molecule has 3 heteroatoms. The maximum Gasteiger partial charge on any atom is 0.322 e. The van der Waals surface area contributed by atoms with Crippen molar-refractivity contribution < 1.29 is 4.79 Å². The fraction of sp³-hybridized carbons (Fsp3) is 0.462. The van der Waals surface area contributed by atoms with Crippen LogP contribution in [0.15, 0.2) is 24.3 Å². The van der Waals surface area contributed by atoms with Crippen LogP contribution in [0, 0.1) is 6.92 Å². The van der Waals surface area contributed by atoms with Gasteiger partial charge in [0.1, 0.15) is 0 Å². The Hall–Kier alpha value is -1.51. The van der Waals surface area contributed by atoms with Crippen LogP contribution >= 0.6 is 0 Å². The van der Waals surface area contributed by atoms with Crippen molar-refractivity contribution in [1.82, 2.24) is 5.32 Å². The van der Waals surface area contributed by atoms with Gasteiger partial charge in [-0.15, -0.1) is 0 Å². The summed E-state index contributed by atoms with van der Waals surface area (Å²) in [4.78, 5) is 13.5. The van der Waals surface area contributed by atoms with Crippen LogP contribution in [0.4, 0.5) is 10.5 Å². The van der Waals surface area contributed by atoms with Crippen molar-refractivity contribution in [1.29, 1.82) is 0 Å². The quantitative estimate of drug-likeness (QED) is 0.775. The average Bonchev–Trinajstić information content (AvgIpc) is 2.14. The number of hydrogen-bond donors (Lipinski definition) is 1. The van der Waals surface area contributed by atoms with E-state index >= 15 is 0 Å². The van der Waals surface area contributed by atoms with Gasteiger partial charge in [-0.2, -0.15) is 0 Å². The van der Waals surface area contributed by atoms with E-state index in [2.05, 4.69) is 5.32 Å². The highest BCUT2D eigenvalue weighted by atomic mass is 16.2.